The molecule has 1 aliphatic heterocycles. The molecule has 20 heavy (non-hydrogen) atoms. The molecule has 1 aromatic rings. The number of aryl methyl sites for hydroxylation is 1. The molecule has 1 aliphatic carbocycles. The van der Waals surface area contributed by atoms with Crippen LogP contribution in [0.2, 0.25) is 0 Å². The van der Waals surface area contributed by atoms with E-state index < -0.39 is 5.54 Å². The summed E-state index contributed by atoms with van der Waals surface area (Å²) in [4.78, 5) is 23.3. The summed E-state index contributed by atoms with van der Waals surface area (Å²) in [6.07, 6.45) is 6.53. The van der Waals surface area contributed by atoms with E-state index in [1.165, 1.54) is 0 Å². The van der Waals surface area contributed by atoms with Crippen LogP contribution >= 0.6 is 0 Å². The largest absolute Gasteiger partial charge is 0.340 e. The number of nitrogens with two attached hydrogens (primary N) is 1. The first-order valence-corrected chi connectivity index (χ1v) is 7.46. The van der Waals surface area contributed by atoms with Crippen molar-refractivity contribution >= 4 is 5.91 Å². The van der Waals surface area contributed by atoms with Crippen LogP contribution in [0.25, 0.3) is 0 Å². The molecular formula is C15H22N4O. The fraction of sp³-hybridized carbons (Fsp3) is 0.667. The Bertz CT molecular complexity index is 510. The Morgan fingerprint density at radius 2 is 2.20 bits per heavy atom. The van der Waals surface area contributed by atoms with E-state index in [1.807, 2.05) is 17.9 Å². The first-order valence-electron chi connectivity index (χ1n) is 7.46. The molecule has 2 N–H and O–H groups in total. The highest BCUT2D eigenvalue weighted by molar-refractivity contribution is 5.86. The van der Waals surface area contributed by atoms with Gasteiger partial charge in [0, 0.05) is 30.9 Å². The Morgan fingerprint density at radius 1 is 1.45 bits per heavy atom. The van der Waals surface area contributed by atoms with Gasteiger partial charge in [0.25, 0.3) is 0 Å². The first kappa shape index (κ1) is 13.5. The molecule has 0 unspecified atom stereocenters. The van der Waals surface area contributed by atoms with Crippen molar-refractivity contribution in [2.75, 3.05) is 13.1 Å². The zero-order chi connectivity index (χ0) is 14.2. The molecule has 0 bridgehead atoms. The molecule has 1 amide bonds. The SMILES string of the molecule is Cc1ccnc([C@H]2CCN(C(=O)C3(N)CCCC3)C2)n1. The van der Waals surface area contributed by atoms with Crippen molar-refractivity contribution in [2.24, 2.45) is 5.73 Å². The summed E-state index contributed by atoms with van der Waals surface area (Å²) in [5, 5.41) is 0. The predicted octanol–water partition coefficient (Wildman–Crippen LogP) is 1.37. The van der Waals surface area contributed by atoms with Crippen LogP contribution in [0.3, 0.4) is 0 Å². The second-order valence-corrected chi connectivity index (χ2v) is 6.16. The summed E-state index contributed by atoms with van der Waals surface area (Å²) in [7, 11) is 0. The van der Waals surface area contributed by atoms with Crippen molar-refractivity contribution in [1.29, 1.82) is 0 Å². The van der Waals surface area contributed by atoms with Gasteiger partial charge in [0.15, 0.2) is 0 Å². The van der Waals surface area contributed by atoms with Gasteiger partial charge in [-0.25, -0.2) is 9.97 Å². The molecule has 1 atom stereocenters. The normalized spacial score (nSPS) is 25.1. The number of rotatable bonds is 2. The van der Waals surface area contributed by atoms with Crippen molar-refractivity contribution in [2.45, 2.75) is 50.5 Å². The Balaban J connectivity index is 1.69. The van der Waals surface area contributed by atoms with Crippen LogP contribution in [0, 0.1) is 6.92 Å². The zero-order valence-corrected chi connectivity index (χ0v) is 12.0. The van der Waals surface area contributed by atoms with E-state index in [9.17, 15) is 4.79 Å². The molecule has 1 aromatic heterocycles. The Morgan fingerprint density at radius 3 is 2.90 bits per heavy atom. The number of hydrogen-bond acceptors (Lipinski definition) is 4. The van der Waals surface area contributed by atoms with Crippen LogP contribution in [0.15, 0.2) is 12.3 Å². The molecule has 2 fully saturated rings. The number of carbonyl (C=O) groups excluding carboxylic acids is 1. The summed E-state index contributed by atoms with van der Waals surface area (Å²) in [6.45, 7) is 3.46. The molecule has 2 heterocycles. The maximum Gasteiger partial charge on any atom is 0.242 e. The number of nitrogens with zero attached hydrogens (tertiary/aromatic N) is 3. The van der Waals surface area contributed by atoms with Crippen LogP contribution < -0.4 is 5.73 Å². The number of amides is 1. The second kappa shape index (κ2) is 5.13. The van der Waals surface area contributed by atoms with Gasteiger partial charge in [-0.2, -0.15) is 0 Å². The minimum atomic E-state index is -0.609. The van der Waals surface area contributed by atoms with Crippen LogP contribution in [0.4, 0.5) is 0 Å². The number of hydrogen-bond donors (Lipinski definition) is 1. The fourth-order valence-electron chi connectivity index (χ4n) is 3.36. The molecule has 108 valence electrons. The molecule has 5 heteroatoms. The molecule has 1 saturated heterocycles. The number of aromatic nitrogens is 2. The maximum atomic E-state index is 12.6. The molecular weight excluding hydrogens is 252 g/mol. The standard InChI is InChI=1S/C15H22N4O/c1-11-4-8-17-13(18-11)12-5-9-19(10-12)14(20)15(16)6-2-3-7-15/h4,8,12H,2-3,5-7,9-10,16H2,1H3/t12-/m0/s1. The Hall–Kier alpha value is -1.49. The highest BCUT2D eigenvalue weighted by Crippen LogP contribution is 2.32. The summed E-state index contributed by atoms with van der Waals surface area (Å²) < 4.78 is 0. The lowest BCUT2D eigenvalue weighted by Gasteiger charge is -2.28. The zero-order valence-electron chi connectivity index (χ0n) is 12.0. The summed E-state index contributed by atoms with van der Waals surface area (Å²) in [5.41, 5.74) is 6.64. The highest BCUT2D eigenvalue weighted by Gasteiger charge is 2.42. The summed E-state index contributed by atoms with van der Waals surface area (Å²) in [6, 6.07) is 1.90. The third-order valence-corrected chi connectivity index (χ3v) is 4.58. The minimum absolute atomic E-state index is 0.130. The average Bonchev–Trinajstić information content (AvgIpc) is 3.07. The second-order valence-electron chi connectivity index (χ2n) is 6.16. The van der Waals surface area contributed by atoms with E-state index in [-0.39, 0.29) is 11.8 Å². The maximum absolute atomic E-state index is 12.6. The van der Waals surface area contributed by atoms with E-state index in [1.54, 1.807) is 6.20 Å². The van der Waals surface area contributed by atoms with Gasteiger partial charge in [-0.05, 0) is 32.3 Å². The lowest BCUT2D eigenvalue weighted by atomic mass is 9.97. The average molecular weight is 274 g/mol. The third-order valence-electron chi connectivity index (χ3n) is 4.58. The van der Waals surface area contributed by atoms with E-state index in [0.717, 1.165) is 50.2 Å². The van der Waals surface area contributed by atoms with Gasteiger partial charge < -0.3 is 10.6 Å². The van der Waals surface area contributed by atoms with E-state index >= 15 is 0 Å². The molecule has 0 spiro atoms. The monoisotopic (exact) mass is 274 g/mol. The van der Waals surface area contributed by atoms with E-state index in [4.69, 9.17) is 5.73 Å². The summed E-state index contributed by atoms with van der Waals surface area (Å²) >= 11 is 0. The van der Waals surface area contributed by atoms with Crippen molar-refractivity contribution < 1.29 is 4.79 Å². The molecule has 0 aromatic carbocycles. The minimum Gasteiger partial charge on any atom is -0.340 e. The van der Waals surface area contributed by atoms with Crippen LogP contribution in [0.5, 0.6) is 0 Å². The van der Waals surface area contributed by atoms with Gasteiger partial charge in [0.1, 0.15) is 5.82 Å². The molecule has 3 rings (SSSR count). The Kier molecular flexibility index (Phi) is 3.46. The van der Waals surface area contributed by atoms with Crippen molar-refractivity contribution in [3.8, 4) is 0 Å². The Labute approximate surface area is 119 Å². The van der Waals surface area contributed by atoms with Crippen LogP contribution in [0.1, 0.15) is 49.5 Å². The van der Waals surface area contributed by atoms with Crippen molar-refractivity contribution in [1.82, 2.24) is 14.9 Å². The van der Waals surface area contributed by atoms with Crippen molar-refractivity contribution in [3.63, 3.8) is 0 Å². The fourth-order valence-corrected chi connectivity index (χ4v) is 3.36. The van der Waals surface area contributed by atoms with Crippen molar-refractivity contribution in [3.05, 3.63) is 23.8 Å². The number of carbonyl (C=O) groups is 1. The van der Waals surface area contributed by atoms with Gasteiger partial charge in [-0.15, -0.1) is 0 Å². The van der Waals surface area contributed by atoms with Gasteiger partial charge in [-0.3, -0.25) is 4.79 Å². The molecule has 0 radical (unpaired) electrons. The molecule has 1 saturated carbocycles. The van der Waals surface area contributed by atoms with Gasteiger partial charge in [0.2, 0.25) is 5.91 Å². The third kappa shape index (κ3) is 2.42. The smallest absolute Gasteiger partial charge is 0.242 e. The number of likely N-dealkylation sites (tertiary alicyclic amines) is 1. The van der Waals surface area contributed by atoms with Gasteiger partial charge >= 0.3 is 0 Å². The lowest BCUT2D eigenvalue weighted by Crippen LogP contribution is -2.52. The van der Waals surface area contributed by atoms with Gasteiger partial charge in [0.05, 0.1) is 5.54 Å². The highest BCUT2D eigenvalue weighted by atomic mass is 16.2. The topological polar surface area (TPSA) is 72.1 Å². The lowest BCUT2D eigenvalue weighted by molar-refractivity contribution is -0.135. The van der Waals surface area contributed by atoms with Crippen LogP contribution in [-0.2, 0) is 4.79 Å². The van der Waals surface area contributed by atoms with Gasteiger partial charge in [-0.1, -0.05) is 12.8 Å². The van der Waals surface area contributed by atoms with E-state index in [2.05, 4.69) is 9.97 Å². The first-order chi connectivity index (χ1) is 9.58. The van der Waals surface area contributed by atoms with Crippen LogP contribution in [-0.4, -0.2) is 39.4 Å². The molecule has 5 nitrogen and oxygen atoms in total. The summed E-state index contributed by atoms with van der Waals surface area (Å²) in [5.74, 6) is 1.24. The molecule has 2 aliphatic rings. The predicted molar refractivity (Wildman–Crippen MR) is 76.1 cm³/mol. The van der Waals surface area contributed by atoms with E-state index in [0.29, 0.717) is 6.54 Å². The quantitative estimate of drug-likeness (QED) is 0.884.